The Kier molecular flexibility index (Phi) is 6.07. The average Bonchev–Trinajstić information content (AvgIpc) is 3.02. The SMILES string of the molecule is CC(C)(C)[Si](C)(C)OCCN1Cc2ccc(N3CCN(C(=O)O)CC3)cc2C1. The molecule has 0 saturated carbocycles. The summed E-state index contributed by atoms with van der Waals surface area (Å²) in [6.07, 6.45) is -0.816. The van der Waals surface area contributed by atoms with E-state index in [1.54, 1.807) is 0 Å². The van der Waals surface area contributed by atoms with Gasteiger partial charge in [0.25, 0.3) is 0 Å². The molecule has 6 nitrogen and oxygen atoms in total. The smallest absolute Gasteiger partial charge is 0.407 e. The van der Waals surface area contributed by atoms with E-state index in [0.717, 1.165) is 39.3 Å². The number of piperazine rings is 1. The summed E-state index contributed by atoms with van der Waals surface area (Å²) in [4.78, 5) is 17.3. The standard InChI is InChI=1S/C21H35N3O3Si/c1-21(2,3)28(4,5)27-13-12-22-15-17-6-7-19(14-18(17)16-22)23-8-10-24(11-9-23)20(25)26/h6-7,14H,8-13,15-16H2,1-5H3,(H,25,26). The van der Waals surface area contributed by atoms with Gasteiger partial charge < -0.3 is 19.3 Å². The third-order valence-corrected chi connectivity index (χ3v) is 11.1. The van der Waals surface area contributed by atoms with Crippen LogP contribution in [0.25, 0.3) is 0 Å². The second-order valence-corrected chi connectivity index (χ2v) is 14.3. The van der Waals surface area contributed by atoms with E-state index in [4.69, 9.17) is 9.53 Å². The number of carboxylic acid groups (broad SMARTS) is 1. The number of carbonyl (C=O) groups is 1. The molecule has 3 rings (SSSR count). The number of nitrogens with zero attached hydrogens (tertiary/aromatic N) is 3. The van der Waals surface area contributed by atoms with Crippen molar-refractivity contribution >= 4 is 20.1 Å². The number of hydrogen-bond acceptors (Lipinski definition) is 4. The van der Waals surface area contributed by atoms with Crippen LogP contribution in [0.5, 0.6) is 0 Å². The minimum absolute atomic E-state index is 0.251. The Morgan fingerprint density at radius 1 is 1.11 bits per heavy atom. The predicted molar refractivity (Wildman–Crippen MR) is 116 cm³/mol. The van der Waals surface area contributed by atoms with Crippen LogP contribution in [0.4, 0.5) is 10.5 Å². The maximum Gasteiger partial charge on any atom is 0.407 e. The van der Waals surface area contributed by atoms with Crippen molar-refractivity contribution < 1.29 is 14.3 Å². The molecule has 0 spiro atoms. The van der Waals surface area contributed by atoms with Crippen molar-refractivity contribution in [2.75, 3.05) is 44.2 Å². The lowest BCUT2D eigenvalue weighted by atomic mass is 10.1. The summed E-state index contributed by atoms with van der Waals surface area (Å²) < 4.78 is 6.34. The zero-order chi connectivity index (χ0) is 20.5. The van der Waals surface area contributed by atoms with E-state index < -0.39 is 14.4 Å². The van der Waals surface area contributed by atoms with Crippen molar-refractivity contribution in [3.8, 4) is 0 Å². The molecule has 1 aromatic carbocycles. The van der Waals surface area contributed by atoms with Crippen molar-refractivity contribution in [1.82, 2.24) is 9.80 Å². The van der Waals surface area contributed by atoms with Gasteiger partial charge in [-0.25, -0.2) is 4.79 Å². The maximum absolute atomic E-state index is 11.1. The molecule has 7 heteroatoms. The first-order valence-electron chi connectivity index (χ1n) is 10.3. The van der Waals surface area contributed by atoms with Crippen molar-refractivity contribution in [3.05, 3.63) is 29.3 Å². The summed E-state index contributed by atoms with van der Waals surface area (Å²) in [5.74, 6) is 0. The molecule has 0 atom stereocenters. The molecule has 2 heterocycles. The molecule has 0 bridgehead atoms. The fourth-order valence-electron chi connectivity index (χ4n) is 3.61. The van der Waals surface area contributed by atoms with Crippen LogP contribution in [0, 0.1) is 0 Å². The Morgan fingerprint density at radius 3 is 2.36 bits per heavy atom. The summed E-state index contributed by atoms with van der Waals surface area (Å²) in [5.41, 5.74) is 4.01. The van der Waals surface area contributed by atoms with Gasteiger partial charge in [-0.3, -0.25) is 4.90 Å². The van der Waals surface area contributed by atoms with E-state index in [1.807, 2.05) is 0 Å². The van der Waals surface area contributed by atoms with Gasteiger partial charge in [-0.15, -0.1) is 0 Å². The summed E-state index contributed by atoms with van der Waals surface area (Å²) >= 11 is 0. The Labute approximate surface area is 170 Å². The lowest BCUT2D eigenvalue weighted by Gasteiger charge is -2.36. The number of hydrogen-bond donors (Lipinski definition) is 1. The van der Waals surface area contributed by atoms with Gasteiger partial charge in [-0.2, -0.15) is 0 Å². The normalized spacial score (nSPS) is 18.5. The van der Waals surface area contributed by atoms with Gasteiger partial charge in [0.2, 0.25) is 0 Å². The van der Waals surface area contributed by atoms with E-state index in [-0.39, 0.29) is 5.04 Å². The summed E-state index contributed by atoms with van der Waals surface area (Å²) in [6, 6.07) is 6.72. The number of fused-ring (bicyclic) bond motifs is 1. The first-order chi connectivity index (χ1) is 13.1. The van der Waals surface area contributed by atoms with E-state index in [0.29, 0.717) is 13.1 Å². The van der Waals surface area contributed by atoms with Crippen LogP contribution >= 0.6 is 0 Å². The molecule has 2 aliphatic heterocycles. The Hall–Kier alpha value is -1.57. The lowest BCUT2D eigenvalue weighted by Crippen LogP contribution is -2.48. The van der Waals surface area contributed by atoms with Crippen LogP contribution < -0.4 is 4.90 Å². The predicted octanol–water partition coefficient (Wildman–Crippen LogP) is 3.82. The average molecular weight is 406 g/mol. The monoisotopic (exact) mass is 405 g/mol. The fraction of sp³-hybridized carbons (Fsp3) is 0.667. The molecular formula is C21H35N3O3Si. The topological polar surface area (TPSA) is 56.2 Å². The highest BCUT2D eigenvalue weighted by atomic mass is 28.4. The second-order valence-electron chi connectivity index (χ2n) is 9.53. The van der Waals surface area contributed by atoms with Gasteiger partial charge in [0, 0.05) is 58.1 Å². The molecule has 1 amide bonds. The molecule has 156 valence electrons. The first kappa shape index (κ1) is 21.1. The molecule has 1 N–H and O–H groups in total. The Bertz CT molecular complexity index is 709. The third-order valence-electron chi connectivity index (χ3n) is 6.57. The second kappa shape index (κ2) is 8.04. The van der Waals surface area contributed by atoms with Gasteiger partial charge in [0.1, 0.15) is 0 Å². The third kappa shape index (κ3) is 4.70. The summed E-state index contributed by atoms with van der Waals surface area (Å²) in [6.45, 7) is 17.8. The highest BCUT2D eigenvalue weighted by Gasteiger charge is 2.37. The quantitative estimate of drug-likeness (QED) is 0.755. The van der Waals surface area contributed by atoms with Crippen molar-refractivity contribution in [3.63, 3.8) is 0 Å². The number of benzene rings is 1. The van der Waals surface area contributed by atoms with E-state index in [9.17, 15) is 4.79 Å². The molecule has 0 aromatic heterocycles. The van der Waals surface area contributed by atoms with Crippen LogP contribution in [-0.4, -0.2) is 68.6 Å². The summed E-state index contributed by atoms with van der Waals surface area (Å²) in [5, 5.41) is 9.36. The highest BCUT2D eigenvalue weighted by molar-refractivity contribution is 6.74. The minimum atomic E-state index is -1.68. The van der Waals surface area contributed by atoms with Crippen molar-refractivity contribution in [2.24, 2.45) is 0 Å². The molecule has 0 radical (unpaired) electrons. The lowest BCUT2D eigenvalue weighted by molar-refractivity contribution is 0.142. The van der Waals surface area contributed by atoms with E-state index in [1.165, 1.54) is 21.7 Å². The van der Waals surface area contributed by atoms with Crippen LogP contribution in [0.15, 0.2) is 18.2 Å². The Morgan fingerprint density at radius 2 is 1.75 bits per heavy atom. The molecule has 0 unspecified atom stereocenters. The fourth-order valence-corrected chi connectivity index (χ4v) is 4.64. The molecule has 1 fully saturated rings. The first-order valence-corrected chi connectivity index (χ1v) is 13.2. The van der Waals surface area contributed by atoms with Crippen LogP contribution in [0.1, 0.15) is 31.9 Å². The Balaban J connectivity index is 1.52. The van der Waals surface area contributed by atoms with Crippen LogP contribution in [0.3, 0.4) is 0 Å². The van der Waals surface area contributed by atoms with Gasteiger partial charge in [0.05, 0.1) is 0 Å². The van der Waals surface area contributed by atoms with Gasteiger partial charge in [-0.05, 0) is 41.4 Å². The molecule has 1 aromatic rings. The minimum Gasteiger partial charge on any atom is -0.465 e. The molecule has 1 saturated heterocycles. The number of amides is 1. The van der Waals surface area contributed by atoms with E-state index in [2.05, 4.69) is 61.9 Å². The van der Waals surface area contributed by atoms with Gasteiger partial charge in [-0.1, -0.05) is 26.8 Å². The van der Waals surface area contributed by atoms with Crippen molar-refractivity contribution in [2.45, 2.75) is 52.0 Å². The zero-order valence-electron chi connectivity index (χ0n) is 18.0. The highest BCUT2D eigenvalue weighted by Crippen LogP contribution is 2.36. The molecular weight excluding hydrogens is 370 g/mol. The van der Waals surface area contributed by atoms with E-state index >= 15 is 0 Å². The number of anilines is 1. The van der Waals surface area contributed by atoms with Gasteiger partial charge in [0.15, 0.2) is 8.32 Å². The largest absolute Gasteiger partial charge is 0.465 e. The molecule has 0 aliphatic carbocycles. The molecule has 28 heavy (non-hydrogen) atoms. The van der Waals surface area contributed by atoms with Crippen LogP contribution in [0.2, 0.25) is 18.1 Å². The zero-order valence-corrected chi connectivity index (χ0v) is 19.0. The number of rotatable bonds is 5. The van der Waals surface area contributed by atoms with Gasteiger partial charge >= 0.3 is 6.09 Å². The van der Waals surface area contributed by atoms with Crippen molar-refractivity contribution in [1.29, 1.82) is 0 Å². The molecule has 2 aliphatic rings. The maximum atomic E-state index is 11.1. The summed E-state index contributed by atoms with van der Waals surface area (Å²) in [7, 11) is -1.68. The van der Waals surface area contributed by atoms with Crippen LogP contribution in [-0.2, 0) is 17.5 Å².